The lowest BCUT2D eigenvalue weighted by molar-refractivity contribution is -0.742. The van der Waals surface area contributed by atoms with E-state index in [-0.39, 0.29) is 29.6 Å². The first kappa shape index (κ1) is 16.7. The molecule has 21 heavy (non-hydrogen) atoms. The molecule has 0 radical (unpaired) electrons. The summed E-state index contributed by atoms with van der Waals surface area (Å²) in [5.41, 5.74) is -0.544. The van der Waals surface area contributed by atoms with Crippen LogP contribution in [0.15, 0.2) is 9.59 Å². The summed E-state index contributed by atoms with van der Waals surface area (Å²) in [5, 5.41) is 22.6. The van der Waals surface area contributed by atoms with E-state index in [0.717, 1.165) is 4.57 Å². The minimum Gasteiger partial charge on any atom is -0.395 e. The number of aryl methyl sites for hydroxylation is 2. The molecular weight excluding hydrogens is 310 g/mol. The molecule has 2 N–H and O–H groups in total. The van der Waals surface area contributed by atoms with Gasteiger partial charge in [-0.15, -0.1) is 10.1 Å². The molecule has 0 aliphatic heterocycles. The molecule has 0 saturated carbocycles. The van der Waals surface area contributed by atoms with E-state index < -0.39 is 16.3 Å². The molecule has 2 heterocycles. The number of fused-ring (bicyclic) bond motifs is 1. The Hall–Kier alpha value is -2.40. The number of nitrogens with zero attached hydrogens (tertiary/aromatic N) is 5. The smallest absolute Gasteiger partial charge is 0.332 e. The Morgan fingerprint density at radius 1 is 1.33 bits per heavy atom. The molecule has 0 saturated heterocycles. The van der Waals surface area contributed by atoms with Crippen LogP contribution in [0.3, 0.4) is 0 Å². The first-order chi connectivity index (χ1) is 9.72. The van der Waals surface area contributed by atoms with Gasteiger partial charge in [0, 0.05) is 14.1 Å². The molecule has 0 amide bonds. The Bertz CT molecular complexity index is 786. The van der Waals surface area contributed by atoms with Crippen LogP contribution in [-0.2, 0) is 20.6 Å². The van der Waals surface area contributed by atoms with Gasteiger partial charge in [-0.3, -0.25) is 13.9 Å². The summed E-state index contributed by atoms with van der Waals surface area (Å²) in [7, 11) is 3.09. The highest BCUT2D eigenvalue weighted by Gasteiger charge is 2.16. The van der Waals surface area contributed by atoms with Crippen molar-refractivity contribution in [3.63, 3.8) is 0 Å². The fourth-order valence-corrected chi connectivity index (χ4v) is 1.88. The van der Waals surface area contributed by atoms with Gasteiger partial charge in [0.05, 0.1) is 13.2 Å². The SMILES string of the molecule is Cn1c(Cl)nc2c1c(=O)n(CCO)c(=O)n2C.O=[N+]([O-])O. The lowest BCUT2D eigenvalue weighted by atomic mass is 10.5. The Labute approximate surface area is 121 Å². The Balaban J connectivity index is 0.000000491. The summed E-state index contributed by atoms with van der Waals surface area (Å²) in [4.78, 5) is 36.2. The number of hydrogen-bond acceptors (Lipinski definition) is 6. The number of aromatic nitrogens is 4. The van der Waals surface area contributed by atoms with Gasteiger partial charge in [-0.25, -0.2) is 4.79 Å². The molecule has 2 rings (SSSR count). The van der Waals surface area contributed by atoms with Crippen molar-refractivity contribution in [2.75, 3.05) is 6.61 Å². The predicted octanol–water partition coefficient (Wildman–Crippen LogP) is -1.27. The van der Waals surface area contributed by atoms with Crippen molar-refractivity contribution in [2.45, 2.75) is 6.54 Å². The minimum absolute atomic E-state index is 0.0513. The summed E-state index contributed by atoms with van der Waals surface area (Å²) in [6, 6.07) is 0. The third-order valence-electron chi connectivity index (χ3n) is 2.63. The lowest BCUT2D eigenvalue weighted by Crippen LogP contribution is -2.40. The van der Waals surface area contributed by atoms with Crippen LogP contribution in [0.2, 0.25) is 5.28 Å². The van der Waals surface area contributed by atoms with Crippen LogP contribution < -0.4 is 11.2 Å². The maximum atomic E-state index is 12.0. The quantitative estimate of drug-likeness (QED) is 0.398. The second kappa shape index (κ2) is 6.37. The normalized spacial score (nSPS) is 10.3. The van der Waals surface area contributed by atoms with E-state index >= 15 is 0 Å². The van der Waals surface area contributed by atoms with Gasteiger partial charge >= 0.3 is 5.69 Å². The van der Waals surface area contributed by atoms with Gasteiger partial charge in [-0.2, -0.15) is 4.98 Å². The van der Waals surface area contributed by atoms with Gasteiger partial charge in [0.25, 0.3) is 10.6 Å². The van der Waals surface area contributed by atoms with Crippen molar-refractivity contribution in [1.29, 1.82) is 0 Å². The predicted molar refractivity (Wildman–Crippen MR) is 71.1 cm³/mol. The summed E-state index contributed by atoms with van der Waals surface area (Å²) in [6.07, 6.45) is 0. The molecule has 116 valence electrons. The van der Waals surface area contributed by atoms with Crippen LogP contribution in [0.1, 0.15) is 0 Å². The van der Waals surface area contributed by atoms with E-state index in [4.69, 9.17) is 32.0 Å². The van der Waals surface area contributed by atoms with E-state index in [1.807, 2.05) is 0 Å². The number of aliphatic hydroxyl groups is 1. The highest BCUT2D eigenvalue weighted by atomic mass is 35.5. The number of imidazole rings is 1. The van der Waals surface area contributed by atoms with Crippen LogP contribution in [0.25, 0.3) is 11.2 Å². The molecule has 0 unspecified atom stereocenters. The maximum Gasteiger partial charge on any atom is 0.332 e. The minimum atomic E-state index is -1.50. The highest BCUT2D eigenvalue weighted by Crippen LogP contribution is 2.12. The summed E-state index contributed by atoms with van der Waals surface area (Å²) in [6.45, 7) is -0.337. The molecule has 0 atom stereocenters. The van der Waals surface area contributed by atoms with Gasteiger partial charge in [-0.05, 0) is 11.6 Å². The first-order valence-electron chi connectivity index (χ1n) is 5.48. The summed E-state index contributed by atoms with van der Waals surface area (Å²) < 4.78 is 3.60. The molecule has 2 aromatic rings. The second-order valence-corrected chi connectivity index (χ2v) is 4.21. The third-order valence-corrected chi connectivity index (χ3v) is 2.97. The molecule has 11 nitrogen and oxygen atoms in total. The van der Waals surface area contributed by atoms with Crippen molar-refractivity contribution >= 4 is 22.8 Å². The second-order valence-electron chi connectivity index (χ2n) is 3.87. The van der Waals surface area contributed by atoms with Gasteiger partial charge in [0.2, 0.25) is 5.28 Å². The number of aliphatic hydroxyl groups excluding tert-OH is 1. The van der Waals surface area contributed by atoms with Crippen LogP contribution in [0.4, 0.5) is 0 Å². The fourth-order valence-electron chi connectivity index (χ4n) is 1.71. The molecule has 0 aliphatic rings. The Morgan fingerprint density at radius 2 is 1.86 bits per heavy atom. The van der Waals surface area contributed by atoms with Crippen molar-refractivity contribution in [2.24, 2.45) is 14.1 Å². The highest BCUT2D eigenvalue weighted by molar-refractivity contribution is 6.29. The molecular formula is C9H12ClN5O6. The van der Waals surface area contributed by atoms with Gasteiger partial charge in [0.1, 0.15) is 0 Å². The first-order valence-corrected chi connectivity index (χ1v) is 5.86. The lowest BCUT2D eigenvalue weighted by Gasteiger charge is -2.06. The zero-order valence-electron chi connectivity index (χ0n) is 11.1. The van der Waals surface area contributed by atoms with Crippen molar-refractivity contribution in [3.05, 3.63) is 36.2 Å². The molecule has 0 bridgehead atoms. The number of rotatable bonds is 2. The maximum absolute atomic E-state index is 12.0. The van der Waals surface area contributed by atoms with E-state index in [9.17, 15) is 9.59 Å². The molecule has 0 fully saturated rings. The third kappa shape index (κ3) is 3.20. The van der Waals surface area contributed by atoms with Gasteiger partial charge in [0.15, 0.2) is 11.2 Å². The van der Waals surface area contributed by atoms with Gasteiger partial charge < -0.3 is 14.9 Å². The molecule has 2 aromatic heterocycles. The van der Waals surface area contributed by atoms with E-state index in [2.05, 4.69) is 4.98 Å². The summed E-state index contributed by atoms with van der Waals surface area (Å²) in [5.74, 6) is 0. The van der Waals surface area contributed by atoms with Crippen molar-refractivity contribution < 1.29 is 15.4 Å². The largest absolute Gasteiger partial charge is 0.395 e. The van der Waals surface area contributed by atoms with Crippen LogP contribution in [-0.4, -0.2) is 40.7 Å². The number of halogens is 1. The van der Waals surface area contributed by atoms with Crippen LogP contribution >= 0.6 is 11.6 Å². The molecule has 0 aromatic carbocycles. The van der Waals surface area contributed by atoms with E-state index in [1.165, 1.54) is 16.2 Å². The van der Waals surface area contributed by atoms with E-state index in [1.54, 1.807) is 7.05 Å². The van der Waals surface area contributed by atoms with Crippen LogP contribution in [0, 0.1) is 10.1 Å². The molecule has 0 spiro atoms. The van der Waals surface area contributed by atoms with Crippen molar-refractivity contribution in [1.82, 2.24) is 18.7 Å². The average molecular weight is 322 g/mol. The average Bonchev–Trinajstić information content (AvgIpc) is 2.68. The Kier molecular flexibility index (Phi) is 5.05. The topological polar surface area (TPSA) is 145 Å². The standard InChI is InChI=1S/C9H11ClN4O3.HNO3/c1-12-5-6(11-8(12)10)13(2)9(17)14(3-4-15)7(5)16;2-1(3)4/h15H,3-4H2,1-2H3;(H,2,3,4). The zero-order chi connectivity index (χ0) is 16.3. The Morgan fingerprint density at radius 3 is 2.33 bits per heavy atom. The van der Waals surface area contributed by atoms with Crippen LogP contribution in [0.5, 0.6) is 0 Å². The summed E-state index contributed by atoms with van der Waals surface area (Å²) >= 11 is 5.82. The zero-order valence-corrected chi connectivity index (χ0v) is 11.8. The molecule has 12 heteroatoms. The van der Waals surface area contributed by atoms with Crippen molar-refractivity contribution in [3.8, 4) is 0 Å². The molecule has 0 aliphatic carbocycles. The fraction of sp³-hybridized carbons (Fsp3) is 0.444. The van der Waals surface area contributed by atoms with Gasteiger partial charge in [-0.1, -0.05) is 0 Å². The number of hydrogen-bond donors (Lipinski definition) is 2. The monoisotopic (exact) mass is 321 g/mol. The van der Waals surface area contributed by atoms with E-state index in [0.29, 0.717) is 0 Å².